The van der Waals surface area contributed by atoms with Crippen LogP contribution in [-0.4, -0.2) is 50.2 Å². The normalized spacial score (nSPS) is 20.2. The van der Waals surface area contributed by atoms with E-state index in [9.17, 15) is 26.4 Å². The average Bonchev–Trinajstić information content (AvgIpc) is 2.84. The van der Waals surface area contributed by atoms with Crippen LogP contribution < -0.4 is 4.74 Å². The van der Waals surface area contributed by atoms with Gasteiger partial charge in [-0.1, -0.05) is 12.1 Å². The molecule has 5 nitrogen and oxygen atoms in total. The lowest BCUT2D eigenvalue weighted by atomic mass is 10.2. The Labute approximate surface area is 137 Å². The molecule has 0 bridgehead atoms. The summed E-state index contributed by atoms with van der Waals surface area (Å²) in [4.78, 5) is 13.4. The highest BCUT2D eigenvalue weighted by Crippen LogP contribution is 2.23. The summed E-state index contributed by atoms with van der Waals surface area (Å²) in [6.45, 7) is 0. The number of carbonyl (C=O) groups is 1. The number of amides is 1. The summed E-state index contributed by atoms with van der Waals surface area (Å²) in [7, 11) is -1.56. The predicted molar refractivity (Wildman–Crippen MR) is 82.0 cm³/mol. The molecule has 1 aromatic carbocycles. The molecule has 0 aliphatic carbocycles. The molecule has 1 atom stereocenters. The molecule has 1 aliphatic heterocycles. The molecule has 0 spiro atoms. The van der Waals surface area contributed by atoms with Crippen molar-refractivity contribution in [1.82, 2.24) is 4.90 Å². The first kappa shape index (κ1) is 18.3. The maximum Gasteiger partial charge on any atom is 0.573 e. The van der Waals surface area contributed by atoms with Crippen LogP contribution in [0.4, 0.5) is 13.2 Å². The van der Waals surface area contributed by atoms with E-state index in [2.05, 4.69) is 4.74 Å². The number of alkyl halides is 3. The van der Waals surface area contributed by atoms with Gasteiger partial charge in [-0.15, -0.1) is 13.2 Å². The van der Waals surface area contributed by atoms with Crippen molar-refractivity contribution >= 4 is 21.8 Å². The lowest BCUT2D eigenvalue weighted by Gasteiger charge is -2.21. The third-order valence-electron chi connectivity index (χ3n) is 3.64. The van der Waals surface area contributed by atoms with Crippen LogP contribution in [0.5, 0.6) is 5.75 Å². The number of benzene rings is 1. The molecule has 1 aromatic rings. The van der Waals surface area contributed by atoms with Crippen molar-refractivity contribution in [1.29, 1.82) is 0 Å². The molecule has 1 heterocycles. The van der Waals surface area contributed by atoms with Gasteiger partial charge in [0.05, 0.1) is 11.5 Å². The van der Waals surface area contributed by atoms with Crippen molar-refractivity contribution in [3.05, 3.63) is 35.9 Å². The summed E-state index contributed by atoms with van der Waals surface area (Å²) in [5.74, 6) is -0.696. The molecule has 1 fully saturated rings. The lowest BCUT2D eigenvalue weighted by Crippen LogP contribution is -2.36. The zero-order valence-corrected chi connectivity index (χ0v) is 13.6. The van der Waals surface area contributed by atoms with Crippen LogP contribution in [0, 0.1) is 0 Å². The monoisotopic (exact) mass is 363 g/mol. The average molecular weight is 363 g/mol. The van der Waals surface area contributed by atoms with Gasteiger partial charge in [0, 0.05) is 19.2 Å². The fourth-order valence-corrected chi connectivity index (χ4v) is 4.10. The van der Waals surface area contributed by atoms with E-state index in [1.54, 1.807) is 0 Å². The van der Waals surface area contributed by atoms with Crippen LogP contribution in [0.25, 0.3) is 6.08 Å². The Balaban J connectivity index is 1.96. The Morgan fingerprint density at radius 2 is 1.92 bits per heavy atom. The van der Waals surface area contributed by atoms with Crippen LogP contribution in [0.1, 0.15) is 12.0 Å². The minimum absolute atomic E-state index is 0.0490. The van der Waals surface area contributed by atoms with Gasteiger partial charge in [0.2, 0.25) is 5.91 Å². The van der Waals surface area contributed by atoms with Gasteiger partial charge in [0.25, 0.3) is 0 Å². The molecule has 0 unspecified atom stereocenters. The molecule has 132 valence electrons. The van der Waals surface area contributed by atoms with Gasteiger partial charge >= 0.3 is 6.36 Å². The summed E-state index contributed by atoms with van der Waals surface area (Å²) in [6, 6.07) is 4.70. The number of hydrogen-bond acceptors (Lipinski definition) is 4. The predicted octanol–water partition coefficient (Wildman–Crippen LogP) is 2.24. The van der Waals surface area contributed by atoms with E-state index >= 15 is 0 Å². The van der Waals surface area contributed by atoms with Gasteiger partial charge < -0.3 is 9.64 Å². The third kappa shape index (κ3) is 5.26. The minimum Gasteiger partial charge on any atom is -0.406 e. The van der Waals surface area contributed by atoms with E-state index in [0.29, 0.717) is 12.0 Å². The molecule has 2 rings (SSSR count). The van der Waals surface area contributed by atoms with Gasteiger partial charge in [-0.25, -0.2) is 8.42 Å². The highest BCUT2D eigenvalue weighted by molar-refractivity contribution is 7.91. The van der Waals surface area contributed by atoms with Crippen molar-refractivity contribution in [2.24, 2.45) is 0 Å². The van der Waals surface area contributed by atoms with Crippen molar-refractivity contribution < 1.29 is 31.1 Å². The Hall–Kier alpha value is -2.03. The zero-order chi connectivity index (χ0) is 18.0. The van der Waals surface area contributed by atoms with Crippen LogP contribution in [0.2, 0.25) is 0 Å². The summed E-state index contributed by atoms with van der Waals surface area (Å²) >= 11 is 0. The molecule has 0 saturated carbocycles. The zero-order valence-electron chi connectivity index (χ0n) is 12.8. The molecular weight excluding hydrogens is 347 g/mol. The van der Waals surface area contributed by atoms with E-state index < -0.39 is 16.2 Å². The van der Waals surface area contributed by atoms with Crippen molar-refractivity contribution in [2.75, 3.05) is 18.6 Å². The second kappa shape index (κ2) is 6.84. The topological polar surface area (TPSA) is 63.7 Å². The second-order valence-electron chi connectivity index (χ2n) is 5.46. The molecule has 1 amide bonds. The van der Waals surface area contributed by atoms with Crippen molar-refractivity contribution in [2.45, 2.75) is 18.8 Å². The summed E-state index contributed by atoms with van der Waals surface area (Å²) in [5.41, 5.74) is 0.519. The Bertz CT molecular complexity index is 726. The maximum atomic E-state index is 12.1. The second-order valence-corrected chi connectivity index (χ2v) is 7.68. The van der Waals surface area contributed by atoms with E-state index in [1.165, 1.54) is 36.2 Å². The summed E-state index contributed by atoms with van der Waals surface area (Å²) in [5, 5.41) is 0. The first-order chi connectivity index (χ1) is 11.1. The van der Waals surface area contributed by atoms with E-state index in [1.807, 2.05) is 0 Å². The molecule has 1 aliphatic rings. The Morgan fingerprint density at radius 3 is 2.42 bits per heavy atom. The number of nitrogens with zero attached hydrogens (tertiary/aromatic N) is 1. The first-order valence-electron chi connectivity index (χ1n) is 7.07. The Morgan fingerprint density at radius 1 is 1.29 bits per heavy atom. The quantitative estimate of drug-likeness (QED) is 0.770. The number of likely N-dealkylation sites (N-methyl/N-ethyl adjacent to an activating group) is 1. The SMILES string of the molecule is CN(C(=O)/C=C/c1ccc(OC(F)(F)F)cc1)[C@@H]1CCS(=O)(=O)C1. The molecule has 24 heavy (non-hydrogen) atoms. The van der Waals surface area contributed by atoms with Crippen LogP contribution in [0.15, 0.2) is 30.3 Å². The van der Waals surface area contributed by atoms with E-state index in [-0.39, 0.29) is 29.2 Å². The van der Waals surface area contributed by atoms with Gasteiger partial charge in [0.1, 0.15) is 5.75 Å². The fraction of sp³-hybridized carbons (Fsp3) is 0.400. The van der Waals surface area contributed by atoms with Crippen molar-refractivity contribution in [3.63, 3.8) is 0 Å². The smallest absolute Gasteiger partial charge is 0.406 e. The van der Waals surface area contributed by atoms with Crippen LogP contribution in [0.3, 0.4) is 0 Å². The number of sulfone groups is 1. The molecular formula is C15H16F3NO4S. The van der Waals surface area contributed by atoms with Crippen molar-refractivity contribution in [3.8, 4) is 5.75 Å². The minimum atomic E-state index is -4.75. The van der Waals surface area contributed by atoms with Gasteiger partial charge in [-0.2, -0.15) is 0 Å². The summed E-state index contributed by atoms with van der Waals surface area (Å²) in [6.07, 6.45) is -1.65. The molecule has 0 aromatic heterocycles. The summed E-state index contributed by atoms with van der Waals surface area (Å²) < 4.78 is 62.8. The number of hydrogen-bond donors (Lipinski definition) is 0. The number of carbonyl (C=O) groups excluding carboxylic acids is 1. The number of rotatable bonds is 4. The highest BCUT2D eigenvalue weighted by Gasteiger charge is 2.32. The van der Waals surface area contributed by atoms with Gasteiger partial charge in [0.15, 0.2) is 9.84 Å². The Kier molecular flexibility index (Phi) is 5.22. The van der Waals surface area contributed by atoms with Crippen LogP contribution >= 0.6 is 0 Å². The maximum absolute atomic E-state index is 12.1. The van der Waals surface area contributed by atoms with E-state index in [0.717, 1.165) is 12.1 Å². The number of ether oxygens (including phenoxy) is 1. The van der Waals surface area contributed by atoms with Gasteiger partial charge in [-0.05, 0) is 30.2 Å². The third-order valence-corrected chi connectivity index (χ3v) is 5.39. The standard InChI is InChI=1S/C15H16F3NO4S/c1-19(12-8-9-24(21,22)10-12)14(20)7-4-11-2-5-13(6-3-11)23-15(16,17)18/h2-7,12H,8-10H2,1H3/b7-4+/t12-/m1/s1. The van der Waals surface area contributed by atoms with Gasteiger partial charge in [-0.3, -0.25) is 4.79 Å². The van der Waals surface area contributed by atoms with Crippen LogP contribution in [-0.2, 0) is 14.6 Å². The first-order valence-corrected chi connectivity index (χ1v) is 8.89. The largest absolute Gasteiger partial charge is 0.573 e. The lowest BCUT2D eigenvalue weighted by molar-refractivity contribution is -0.274. The molecule has 9 heteroatoms. The highest BCUT2D eigenvalue weighted by atomic mass is 32.2. The fourth-order valence-electron chi connectivity index (χ4n) is 2.33. The molecule has 1 saturated heterocycles. The molecule has 0 radical (unpaired) electrons. The molecule has 0 N–H and O–H groups in total. The number of halogens is 3. The van der Waals surface area contributed by atoms with E-state index in [4.69, 9.17) is 0 Å².